The largest absolute Gasteiger partial charge is 0.456 e. The molecule has 0 heterocycles. The Hall–Kier alpha value is -2.09. The lowest BCUT2D eigenvalue weighted by molar-refractivity contribution is -0.147. The number of imide groups is 1. The van der Waals surface area contributed by atoms with Gasteiger partial charge in [-0.1, -0.05) is 12.8 Å². The third-order valence-corrected chi connectivity index (χ3v) is 4.71. The molecule has 1 aromatic carbocycles. The van der Waals surface area contributed by atoms with Gasteiger partial charge in [0.05, 0.1) is 6.42 Å². The highest BCUT2D eigenvalue weighted by atomic mass is 32.2. The Kier molecular flexibility index (Phi) is 7.72. The summed E-state index contributed by atoms with van der Waals surface area (Å²) in [6, 6.07) is 5.51. The number of carbonyl (C=O) groups excluding carboxylic acids is 3. The van der Waals surface area contributed by atoms with Gasteiger partial charge < -0.3 is 10.1 Å². The van der Waals surface area contributed by atoms with E-state index in [1.807, 2.05) is 0 Å². The van der Waals surface area contributed by atoms with E-state index in [4.69, 9.17) is 4.74 Å². The maximum atomic E-state index is 12.8. The van der Waals surface area contributed by atoms with Gasteiger partial charge in [0, 0.05) is 16.7 Å². The van der Waals surface area contributed by atoms with Crippen molar-refractivity contribution in [2.45, 2.75) is 43.0 Å². The lowest BCUT2D eigenvalue weighted by atomic mass is 10.2. The number of esters is 1. The van der Waals surface area contributed by atoms with Gasteiger partial charge in [0.25, 0.3) is 5.91 Å². The fourth-order valence-electron chi connectivity index (χ4n) is 2.46. The summed E-state index contributed by atoms with van der Waals surface area (Å²) in [5.74, 6) is -1.04. The van der Waals surface area contributed by atoms with Gasteiger partial charge in [-0.25, -0.2) is 9.18 Å². The van der Waals surface area contributed by atoms with Crippen LogP contribution in [-0.2, 0) is 14.3 Å². The average molecular weight is 368 g/mol. The molecule has 0 unspecified atom stereocenters. The molecule has 3 amide bonds. The molecule has 0 radical (unpaired) electrons. The van der Waals surface area contributed by atoms with Crippen LogP contribution in [0.1, 0.15) is 32.1 Å². The monoisotopic (exact) mass is 368 g/mol. The fourth-order valence-corrected chi connectivity index (χ4v) is 3.29. The van der Waals surface area contributed by atoms with Crippen molar-refractivity contribution in [3.63, 3.8) is 0 Å². The number of rotatable bonds is 7. The van der Waals surface area contributed by atoms with Gasteiger partial charge in [-0.15, -0.1) is 11.8 Å². The van der Waals surface area contributed by atoms with Crippen LogP contribution < -0.4 is 10.6 Å². The molecular formula is C17H21FN2O4S. The number of nitrogens with one attached hydrogen (secondary N) is 2. The van der Waals surface area contributed by atoms with Gasteiger partial charge in [-0.3, -0.25) is 14.9 Å². The molecule has 1 aromatic rings. The molecule has 136 valence electrons. The zero-order valence-electron chi connectivity index (χ0n) is 13.8. The van der Waals surface area contributed by atoms with Crippen LogP contribution in [0.25, 0.3) is 0 Å². The third-order valence-electron chi connectivity index (χ3n) is 3.70. The molecule has 8 heteroatoms. The number of urea groups is 1. The summed E-state index contributed by atoms with van der Waals surface area (Å²) in [5.41, 5.74) is 0. The minimum absolute atomic E-state index is 0.110. The molecule has 2 N–H and O–H groups in total. The molecule has 1 fully saturated rings. The SMILES string of the molecule is O=C(COC(=O)CCSc1ccc(F)cc1)NC(=O)NC1CCCC1. The minimum atomic E-state index is -0.657. The number of hydrogen-bond acceptors (Lipinski definition) is 5. The Morgan fingerprint density at radius 3 is 2.52 bits per heavy atom. The molecule has 1 saturated carbocycles. The smallest absolute Gasteiger partial charge is 0.321 e. The Morgan fingerprint density at radius 1 is 1.16 bits per heavy atom. The predicted octanol–water partition coefficient (Wildman–Crippen LogP) is 2.62. The molecule has 6 nitrogen and oxygen atoms in total. The van der Waals surface area contributed by atoms with Crippen LogP contribution in [0.15, 0.2) is 29.2 Å². The first kappa shape index (κ1) is 19.2. The second kappa shape index (κ2) is 10.0. The van der Waals surface area contributed by atoms with E-state index in [-0.39, 0.29) is 18.3 Å². The first-order valence-corrected chi connectivity index (χ1v) is 9.16. The number of benzene rings is 1. The van der Waals surface area contributed by atoms with Crippen LogP contribution in [0.4, 0.5) is 9.18 Å². The van der Waals surface area contributed by atoms with Gasteiger partial charge >= 0.3 is 12.0 Å². The van der Waals surface area contributed by atoms with Crippen molar-refractivity contribution in [1.82, 2.24) is 10.6 Å². The second-order valence-corrected chi connectivity index (χ2v) is 6.88. The van der Waals surface area contributed by atoms with E-state index < -0.39 is 24.5 Å². The van der Waals surface area contributed by atoms with E-state index in [0.717, 1.165) is 30.6 Å². The molecule has 1 aliphatic rings. The lowest BCUT2D eigenvalue weighted by Crippen LogP contribution is -2.45. The van der Waals surface area contributed by atoms with Crippen LogP contribution in [0.3, 0.4) is 0 Å². The number of ether oxygens (including phenoxy) is 1. The lowest BCUT2D eigenvalue weighted by Gasteiger charge is -2.12. The van der Waals surface area contributed by atoms with Crippen LogP contribution in [0, 0.1) is 5.82 Å². The van der Waals surface area contributed by atoms with E-state index >= 15 is 0 Å². The normalized spacial score (nSPS) is 14.1. The van der Waals surface area contributed by atoms with Crippen molar-refractivity contribution >= 4 is 29.7 Å². The van der Waals surface area contributed by atoms with E-state index in [0.29, 0.717) is 5.75 Å². The first-order valence-electron chi connectivity index (χ1n) is 8.17. The summed E-state index contributed by atoms with van der Waals surface area (Å²) in [6.07, 6.45) is 4.10. The van der Waals surface area contributed by atoms with E-state index in [1.54, 1.807) is 12.1 Å². The Labute approximate surface area is 149 Å². The average Bonchev–Trinajstić information content (AvgIpc) is 3.07. The molecule has 1 aliphatic carbocycles. The highest BCUT2D eigenvalue weighted by Crippen LogP contribution is 2.19. The fraction of sp³-hybridized carbons (Fsp3) is 0.471. The number of thioether (sulfide) groups is 1. The maximum Gasteiger partial charge on any atom is 0.321 e. The van der Waals surface area contributed by atoms with Gasteiger partial charge in [-0.2, -0.15) is 0 Å². The zero-order chi connectivity index (χ0) is 18.1. The summed E-state index contributed by atoms with van der Waals surface area (Å²) in [4.78, 5) is 35.6. The Bertz CT molecular complexity index is 603. The number of amides is 3. The molecule has 2 rings (SSSR count). The number of halogens is 1. The van der Waals surface area contributed by atoms with E-state index in [1.165, 1.54) is 23.9 Å². The molecular weight excluding hydrogens is 347 g/mol. The number of carbonyl (C=O) groups is 3. The predicted molar refractivity (Wildman–Crippen MR) is 91.6 cm³/mol. The molecule has 0 aromatic heterocycles. The highest BCUT2D eigenvalue weighted by molar-refractivity contribution is 7.99. The highest BCUT2D eigenvalue weighted by Gasteiger charge is 2.18. The Morgan fingerprint density at radius 2 is 1.84 bits per heavy atom. The Balaban J connectivity index is 1.56. The summed E-state index contributed by atoms with van der Waals surface area (Å²) in [7, 11) is 0. The van der Waals surface area contributed by atoms with Crippen LogP contribution in [-0.4, -0.2) is 36.3 Å². The van der Waals surface area contributed by atoms with Crippen molar-refractivity contribution < 1.29 is 23.5 Å². The molecule has 25 heavy (non-hydrogen) atoms. The molecule has 0 bridgehead atoms. The van der Waals surface area contributed by atoms with Crippen LogP contribution in [0.5, 0.6) is 0 Å². The molecule has 0 saturated heterocycles. The summed E-state index contributed by atoms with van der Waals surface area (Å²) < 4.78 is 17.6. The summed E-state index contributed by atoms with van der Waals surface area (Å²) >= 11 is 1.39. The van der Waals surface area contributed by atoms with Crippen LogP contribution in [0.2, 0.25) is 0 Å². The van der Waals surface area contributed by atoms with E-state index in [9.17, 15) is 18.8 Å². The third kappa shape index (κ3) is 7.55. The summed E-state index contributed by atoms with van der Waals surface area (Å²) in [5, 5.41) is 4.85. The standard InChI is InChI=1S/C17H21FN2O4S/c18-12-5-7-14(8-6-12)25-10-9-16(22)24-11-15(21)20-17(23)19-13-3-1-2-4-13/h5-8,13H,1-4,9-11H2,(H2,19,20,21,23). The van der Waals surface area contributed by atoms with Gasteiger partial charge in [0.2, 0.25) is 0 Å². The van der Waals surface area contributed by atoms with Crippen molar-refractivity contribution in [2.24, 2.45) is 0 Å². The second-order valence-electron chi connectivity index (χ2n) is 5.72. The quantitative estimate of drug-likeness (QED) is 0.571. The van der Waals surface area contributed by atoms with Crippen LogP contribution >= 0.6 is 11.8 Å². The van der Waals surface area contributed by atoms with Gasteiger partial charge in [-0.05, 0) is 37.1 Å². The minimum Gasteiger partial charge on any atom is -0.456 e. The van der Waals surface area contributed by atoms with Crippen molar-refractivity contribution in [2.75, 3.05) is 12.4 Å². The summed E-state index contributed by atoms with van der Waals surface area (Å²) in [6.45, 7) is -0.488. The van der Waals surface area contributed by atoms with Crippen molar-refractivity contribution in [1.29, 1.82) is 0 Å². The van der Waals surface area contributed by atoms with Crippen molar-refractivity contribution in [3.05, 3.63) is 30.1 Å². The van der Waals surface area contributed by atoms with Gasteiger partial charge in [0.15, 0.2) is 6.61 Å². The molecule has 0 atom stereocenters. The molecule has 0 spiro atoms. The number of hydrogen-bond donors (Lipinski definition) is 2. The maximum absolute atomic E-state index is 12.8. The molecule has 0 aliphatic heterocycles. The first-order chi connectivity index (χ1) is 12.0. The van der Waals surface area contributed by atoms with E-state index in [2.05, 4.69) is 10.6 Å². The van der Waals surface area contributed by atoms with Gasteiger partial charge in [0.1, 0.15) is 5.82 Å². The van der Waals surface area contributed by atoms with Crippen molar-refractivity contribution in [3.8, 4) is 0 Å². The zero-order valence-corrected chi connectivity index (χ0v) is 14.6. The topological polar surface area (TPSA) is 84.5 Å².